The Bertz CT molecular complexity index is 836. The Morgan fingerprint density at radius 3 is 2.79 bits per heavy atom. The monoisotopic (exact) mass is 401 g/mol. The number of nitro benzene ring substituents is 1. The van der Waals surface area contributed by atoms with Gasteiger partial charge in [-0.3, -0.25) is 19.8 Å². The third-order valence-electron chi connectivity index (χ3n) is 5.35. The third-order valence-corrected chi connectivity index (χ3v) is 5.35. The number of hydrogen-bond donors (Lipinski definition) is 1. The van der Waals surface area contributed by atoms with E-state index in [9.17, 15) is 14.9 Å². The zero-order valence-corrected chi connectivity index (χ0v) is 16.8. The van der Waals surface area contributed by atoms with Gasteiger partial charge in [-0.1, -0.05) is 18.5 Å². The van der Waals surface area contributed by atoms with Crippen LogP contribution < -0.4 is 5.32 Å². The smallest absolute Gasteiger partial charge is 0.269 e. The molecule has 1 fully saturated rings. The zero-order chi connectivity index (χ0) is 20.8. The largest absolute Gasteiger partial charge is 0.356 e. The quantitative estimate of drug-likeness (QED) is 0.410. The predicted octanol–water partition coefficient (Wildman–Crippen LogP) is 3.16. The van der Waals surface area contributed by atoms with Gasteiger partial charge in [0.05, 0.1) is 17.4 Å². The van der Waals surface area contributed by atoms with Gasteiger partial charge in [-0.05, 0) is 38.3 Å². The average molecular weight is 401 g/mol. The molecule has 29 heavy (non-hydrogen) atoms. The molecule has 9 nitrogen and oxygen atoms in total. The second kappa shape index (κ2) is 9.60. The van der Waals surface area contributed by atoms with Gasteiger partial charge in [0.15, 0.2) is 0 Å². The van der Waals surface area contributed by atoms with Crippen molar-refractivity contribution in [3.8, 4) is 11.4 Å². The minimum absolute atomic E-state index is 0.0165. The summed E-state index contributed by atoms with van der Waals surface area (Å²) < 4.78 is 5.39. The number of aromatic nitrogens is 2. The molecule has 156 valence electrons. The molecule has 1 aromatic heterocycles. The van der Waals surface area contributed by atoms with Crippen LogP contribution >= 0.6 is 0 Å². The molecule has 1 aromatic carbocycles. The summed E-state index contributed by atoms with van der Waals surface area (Å²) in [5.41, 5.74) is 0.674. The summed E-state index contributed by atoms with van der Waals surface area (Å²) in [4.78, 5) is 29.4. The first-order valence-corrected chi connectivity index (χ1v) is 10.1. The number of amides is 1. The van der Waals surface area contributed by atoms with Crippen LogP contribution in [0, 0.1) is 16.0 Å². The van der Waals surface area contributed by atoms with Crippen LogP contribution in [0.25, 0.3) is 11.4 Å². The fourth-order valence-electron chi connectivity index (χ4n) is 3.49. The first-order chi connectivity index (χ1) is 14.0. The molecule has 0 saturated carbocycles. The Kier molecular flexibility index (Phi) is 6.92. The highest BCUT2D eigenvalue weighted by molar-refractivity contribution is 5.78. The summed E-state index contributed by atoms with van der Waals surface area (Å²) >= 11 is 0. The number of hydrogen-bond acceptors (Lipinski definition) is 7. The van der Waals surface area contributed by atoms with Crippen LogP contribution in [-0.2, 0) is 11.3 Å². The summed E-state index contributed by atoms with van der Waals surface area (Å²) in [6.07, 6.45) is 3.87. The summed E-state index contributed by atoms with van der Waals surface area (Å²) in [7, 11) is 0. The number of likely N-dealkylation sites (tertiary alicyclic amines) is 1. The van der Waals surface area contributed by atoms with Gasteiger partial charge < -0.3 is 9.84 Å². The van der Waals surface area contributed by atoms with Crippen molar-refractivity contribution in [2.75, 3.05) is 13.1 Å². The van der Waals surface area contributed by atoms with Crippen molar-refractivity contribution in [2.24, 2.45) is 5.92 Å². The van der Waals surface area contributed by atoms with Gasteiger partial charge in [-0.15, -0.1) is 0 Å². The van der Waals surface area contributed by atoms with Gasteiger partial charge >= 0.3 is 0 Å². The van der Waals surface area contributed by atoms with Crippen molar-refractivity contribution in [1.29, 1.82) is 0 Å². The van der Waals surface area contributed by atoms with Gasteiger partial charge in [0.2, 0.25) is 17.6 Å². The normalized spacial score (nSPS) is 19.8. The number of benzene rings is 1. The molecule has 0 aliphatic carbocycles. The minimum atomic E-state index is -0.446. The second-order valence-corrected chi connectivity index (χ2v) is 7.51. The van der Waals surface area contributed by atoms with Crippen molar-refractivity contribution < 1.29 is 14.2 Å². The maximum atomic E-state index is 12.4. The molecule has 2 aromatic rings. The van der Waals surface area contributed by atoms with E-state index < -0.39 is 4.92 Å². The highest BCUT2D eigenvalue weighted by Gasteiger charge is 2.30. The molecule has 1 aliphatic heterocycles. The van der Waals surface area contributed by atoms with E-state index in [-0.39, 0.29) is 17.5 Å². The Hall–Kier alpha value is -2.81. The van der Waals surface area contributed by atoms with E-state index in [2.05, 4.69) is 34.2 Å². The van der Waals surface area contributed by atoms with Crippen molar-refractivity contribution in [3.63, 3.8) is 0 Å². The summed E-state index contributed by atoms with van der Waals surface area (Å²) in [5, 5.41) is 17.8. The number of rotatable bonds is 8. The molecule has 9 heteroatoms. The summed E-state index contributed by atoms with van der Waals surface area (Å²) in [6, 6.07) is 6.36. The molecule has 2 atom stereocenters. The molecule has 0 radical (unpaired) electrons. The van der Waals surface area contributed by atoms with Crippen molar-refractivity contribution in [3.05, 3.63) is 40.3 Å². The lowest BCUT2D eigenvalue weighted by molar-refractivity contribution is -0.384. The lowest BCUT2D eigenvalue weighted by Gasteiger charge is -2.36. The van der Waals surface area contributed by atoms with Crippen LogP contribution in [0.15, 0.2) is 28.8 Å². The van der Waals surface area contributed by atoms with E-state index in [1.54, 1.807) is 12.1 Å². The first kappa shape index (κ1) is 20.9. The lowest BCUT2D eigenvalue weighted by Crippen LogP contribution is -2.46. The van der Waals surface area contributed by atoms with Crippen molar-refractivity contribution in [1.82, 2.24) is 20.4 Å². The molecular formula is C20H27N5O4. The number of carbonyl (C=O) groups excluding carboxylic acids is 1. The maximum Gasteiger partial charge on any atom is 0.269 e. The molecule has 0 bridgehead atoms. The fourth-order valence-corrected chi connectivity index (χ4v) is 3.49. The Labute approximate surface area is 169 Å². The van der Waals surface area contributed by atoms with E-state index in [0.29, 0.717) is 36.4 Å². The standard InChI is InChI=1S/C20H27N5O4/c1-3-4-11-21-20(26)16-6-5-14(2)24(12-16)13-18-22-19(23-29-18)15-7-9-17(10-8-15)25(27)28/h7-10,14,16H,3-6,11-13H2,1-2H3,(H,21,26). The van der Waals surface area contributed by atoms with Crippen molar-refractivity contribution >= 4 is 11.6 Å². The van der Waals surface area contributed by atoms with E-state index >= 15 is 0 Å². The van der Waals surface area contributed by atoms with Crippen LogP contribution in [0.2, 0.25) is 0 Å². The van der Waals surface area contributed by atoms with E-state index in [0.717, 1.165) is 32.2 Å². The Balaban J connectivity index is 1.61. The molecule has 1 saturated heterocycles. The molecule has 1 amide bonds. The highest BCUT2D eigenvalue weighted by atomic mass is 16.6. The van der Waals surface area contributed by atoms with Crippen molar-refractivity contribution in [2.45, 2.75) is 52.1 Å². The number of piperidine rings is 1. The zero-order valence-electron chi connectivity index (χ0n) is 16.8. The van der Waals surface area contributed by atoms with E-state index in [1.165, 1.54) is 12.1 Å². The number of nitrogens with one attached hydrogen (secondary N) is 1. The fraction of sp³-hybridized carbons (Fsp3) is 0.550. The average Bonchev–Trinajstić information content (AvgIpc) is 3.18. The van der Waals surface area contributed by atoms with E-state index in [1.807, 2.05) is 0 Å². The maximum absolute atomic E-state index is 12.4. The number of non-ortho nitro benzene ring substituents is 1. The number of nitrogens with zero attached hydrogens (tertiary/aromatic N) is 4. The molecule has 0 spiro atoms. The number of nitro groups is 1. The summed E-state index contributed by atoms with van der Waals surface area (Å²) in [5.74, 6) is 0.957. The van der Waals surface area contributed by atoms with Crippen LogP contribution in [0.3, 0.4) is 0 Å². The van der Waals surface area contributed by atoms with Gasteiger partial charge in [-0.25, -0.2) is 0 Å². The van der Waals surface area contributed by atoms with Gasteiger partial charge in [0, 0.05) is 36.8 Å². The molecule has 1 N–H and O–H groups in total. The number of unbranched alkanes of at least 4 members (excludes halogenated alkanes) is 1. The van der Waals surface area contributed by atoms with Gasteiger partial charge in [-0.2, -0.15) is 4.98 Å². The Morgan fingerprint density at radius 1 is 1.34 bits per heavy atom. The minimum Gasteiger partial charge on any atom is -0.356 e. The van der Waals surface area contributed by atoms with Gasteiger partial charge in [0.1, 0.15) is 0 Å². The molecule has 3 rings (SSSR count). The SMILES string of the molecule is CCCCNC(=O)C1CCC(C)N(Cc2nc(-c3ccc([N+](=O)[O-])cc3)no2)C1. The van der Waals surface area contributed by atoms with Crippen LogP contribution in [0.1, 0.15) is 45.4 Å². The van der Waals surface area contributed by atoms with Crippen LogP contribution in [0.5, 0.6) is 0 Å². The first-order valence-electron chi connectivity index (χ1n) is 10.1. The second-order valence-electron chi connectivity index (χ2n) is 7.51. The third kappa shape index (κ3) is 5.38. The molecular weight excluding hydrogens is 374 g/mol. The predicted molar refractivity (Wildman–Crippen MR) is 107 cm³/mol. The van der Waals surface area contributed by atoms with Gasteiger partial charge in [0.25, 0.3) is 5.69 Å². The topological polar surface area (TPSA) is 114 Å². The van der Waals surface area contributed by atoms with Crippen LogP contribution in [0.4, 0.5) is 5.69 Å². The van der Waals surface area contributed by atoms with Crippen LogP contribution in [-0.4, -0.2) is 45.0 Å². The number of carbonyl (C=O) groups is 1. The van der Waals surface area contributed by atoms with E-state index in [4.69, 9.17) is 4.52 Å². The Morgan fingerprint density at radius 2 is 2.10 bits per heavy atom. The molecule has 1 aliphatic rings. The highest BCUT2D eigenvalue weighted by Crippen LogP contribution is 2.25. The molecule has 2 unspecified atom stereocenters. The summed E-state index contributed by atoms with van der Waals surface area (Å²) in [6.45, 7) is 6.10. The molecule has 2 heterocycles. The lowest BCUT2D eigenvalue weighted by atomic mass is 9.92.